The second kappa shape index (κ2) is 7.20. The lowest BCUT2D eigenvalue weighted by atomic mass is 10.0. The van der Waals surface area contributed by atoms with Crippen molar-refractivity contribution in [2.24, 2.45) is 0 Å². The normalized spacial score (nSPS) is 11.7. The molecule has 4 aromatic rings. The average Bonchev–Trinajstić information content (AvgIpc) is 2.98. The van der Waals surface area contributed by atoms with E-state index in [1.807, 2.05) is 44.2 Å². The molecule has 0 fully saturated rings. The predicted molar refractivity (Wildman–Crippen MR) is 117 cm³/mol. The molecule has 4 nitrogen and oxygen atoms in total. The number of nitrogens with one attached hydrogen (secondary N) is 1. The molecule has 0 unspecified atom stereocenters. The Morgan fingerprint density at radius 1 is 1.00 bits per heavy atom. The monoisotopic (exact) mass is 428 g/mol. The summed E-state index contributed by atoms with van der Waals surface area (Å²) in [4.78, 5) is 6.64. The minimum Gasteiger partial charge on any atom is -0.279 e. The van der Waals surface area contributed by atoms with Crippen LogP contribution in [0.5, 0.6) is 0 Å². The number of fused-ring (bicyclic) bond motifs is 1. The molecule has 4 rings (SSSR count). The van der Waals surface area contributed by atoms with Crippen molar-refractivity contribution in [2.75, 3.05) is 4.72 Å². The van der Waals surface area contributed by atoms with Crippen LogP contribution in [0.4, 0.5) is 5.69 Å². The molecule has 0 saturated carbocycles. The topological polar surface area (TPSA) is 59.1 Å². The number of anilines is 1. The lowest BCUT2D eigenvalue weighted by Crippen LogP contribution is -2.13. The molecule has 2 aromatic carbocycles. The van der Waals surface area contributed by atoms with Crippen LogP contribution in [0, 0.1) is 13.8 Å². The smallest absolute Gasteiger partial charge is 0.261 e. The molecule has 2 heterocycles. The summed E-state index contributed by atoms with van der Waals surface area (Å²) < 4.78 is 28.7. The van der Waals surface area contributed by atoms with Crippen molar-refractivity contribution >= 4 is 48.9 Å². The molecule has 2 aromatic heterocycles. The van der Waals surface area contributed by atoms with Crippen molar-refractivity contribution in [2.45, 2.75) is 18.7 Å². The minimum atomic E-state index is -3.79. The van der Waals surface area contributed by atoms with Gasteiger partial charge < -0.3 is 0 Å². The second-order valence-corrected chi connectivity index (χ2v) is 9.78. The zero-order valence-corrected chi connectivity index (χ0v) is 17.6. The zero-order chi connectivity index (χ0) is 19.9. The van der Waals surface area contributed by atoms with Crippen LogP contribution in [-0.2, 0) is 10.0 Å². The van der Waals surface area contributed by atoms with E-state index in [2.05, 4.69) is 9.71 Å². The first-order chi connectivity index (χ1) is 13.3. The molecule has 0 amide bonds. The number of aryl methyl sites for hydroxylation is 2. The maximum absolute atomic E-state index is 13.0. The van der Waals surface area contributed by atoms with E-state index in [1.54, 1.807) is 29.5 Å². The number of nitrogens with zero attached hydrogens (tertiary/aromatic N) is 1. The Labute approximate surface area is 172 Å². The summed E-state index contributed by atoms with van der Waals surface area (Å²) in [5.41, 5.74) is 3.29. The maximum atomic E-state index is 13.0. The largest absolute Gasteiger partial charge is 0.279 e. The van der Waals surface area contributed by atoms with Crippen LogP contribution in [0.1, 0.15) is 10.6 Å². The Bertz CT molecular complexity index is 1280. The SMILES string of the molecule is Cc1cc(NS(=O)(=O)c2cccc(Cl)c2)c2c(-c3ccccc3)c(C)sc2n1. The van der Waals surface area contributed by atoms with E-state index in [-0.39, 0.29) is 4.90 Å². The summed E-state index contributed by atoms with van der Waals surface area (Å²) in [5.74, 6) is 0. The Hall–Kier alpha value is -2.41. The van der Waals surface area contributed by atoms with Crippen molar-refractivity contribution in [1.29, 1.82) is 0 Å². The van der Waals surface area contributed by atoms with Crippen LogP contribution < -0.4 is 4.72 Å². The molecular weight excluding hydrogens is 412 g/mol. The van der Waals surface area contributed by atoms with E-state index in [9.17, 15) is 8.42 Å². The third-order valence-electron chi connectivity index (χ3n) is 4.38. The van der Waals surface area contributed by atoms with Gasteiger partial charge in [0.05, 0.1) is 10.6 Å². The van der Waals surface area contributed by atoms with Gasteiger partial charge in [0.2, 0.25) is 0 Å². The number of hydrogen-bond acceptors (Lipinski definition) is 4. The Balaban J connectivity index is 1.92. The highest BCUT2D eigenvalue weighted by Crippen LogP contribution is 2.42. The van der Waals surface area contributed by atoms with Crippen molar-refractivity contribution in [1.82, 2.24) is 4.98 Å². The van der Waals surface area contributed by atoms with E-state index >= 15 is 0 Å². The van der Waals surface area contributed by atoms with Gasteiger partial charge in [-0.25, -0.2) is 13.4 Å². The average molecular weight is 429 g/mol. The first-order valence-electron chi connectivity index (χ1n) is 8.60. The summed E-state index contributed by atoms with van der Waals surface area (Å²) >= 11 is 7.54. The van der Waals surface area contributed by atoms with Gasteiger partial charge in [-0.05, 0) is 43.7 Å². The van der Waals surface area contributed by atoms with Crippen LogP contribution in [-0.4, -0.2) is 13.4 Å². The fourth-order valence-electron chi connectivity index (χ4n) is 3.20. The van der Waals surface area contributed by atoms with Crippen molar-refractivity contribution in [3.05, 3.63) is 76.3 Å². The highest BCUT2D eigenvalue weighted by molar-refractivity contribution is 7.92. The molecule has 7 heteroatoms. The summed E-state index contributed by atoms with van der Waals surface area (Å²) in [6, 6.07) is 17.9. The van der Waals surface area contributed by atoms with Crippen LogP contribution in [0.2, 0.25) is 5.02 Å². The first kappa shape index (κ1) is 18.9. The number of halogens is 1. The summed E-state index contributed by atoms with van der Waals surface area (Å²) in [6.45, 7) is 3.88. The lowest BCUT2D eigenvalue weighted by molar-refractivity contribution is 0.601. The number of pyridine rings is 1. The molecule has 0 spiro atoms. The van der Waals surface area contributed by atoms with Crippen molar-refractivity contribution in [3.63, 3.8) is 0 Å². The van der Waals surface area contributed by atoms with Gasteiger partial charge in [-0.3, -0.25) is 4.72 Å². The zero-order valence-electron chi connectivity index (χ0n) is 15.2. The highest BCUT2D eigenvalue weighted by Gasteiger charge is 2.21. The Morgan fingerprint density at radius 2 is 1.75 bits per heavy atom. The maximum Gasteiger partial charge on any atom is 0.261 e. The molecule has 1 N–H and O–H groups in total. The minimum absolute atomic E-state index is 0.121. The van der Waals surface area contributed by atoms with Crippen molar-refractivity contribution < 1.29 is 8.42 Å². The fourth-order valence-corrected chi connectivity index (χ4v) is 5.68. The molecular formula is C21H17ClN2O2S2. The molecule has 0 aliphatic rings. The van der Waals surface area contributed by atoms with Gasteiger partial charge >= 0.3 is 0 Å². The Kier molecular flexibility index (Phi) is 4.87. The number of benzene rings is 2. The van der Waals surface area contributed by atoms with E-state index in [1.165, 1.54) is 12.1 Å². The molecule has 0 atom stereocenters. The molecule has 0 bridgehead atoms. The van der Waals surface area contributed by atoms with E-state index in [0.717, 1.165) is 31.9 Å². The molecule has 0 radical (unpaired) electrons. The number of hydrogen-bond donors (Lipinski definition) is 1. The van der Waals surface area contributed by atoms with Crippen LogP contribution in [0.3, 0.4) is 0 Å². The summed E-state index contributed by atoms with van der Waals surface area (Å²) in [5, 5.41) is 1.18. The fraction of sp³-hybridized carbons (Fsp3) is 0.0952. The number of aromatic nitrogens is 1. The quantitative estimate of drug-likeness (QED) is 0.431. The van der Waals surface area contributed by atoms with Gasteiger partial charge in [-0.15, -0.1) is 11.3 Å². The summed E-state index contributed by atoms with van der Waals surface area (Å²) in [6.07, 6.45) is 0. The standard InChI is InChI=1S/C21H17ClN2O2S2/c1-13-11-18(24-28(25,26)17-10-6-9-16(22)12-17)20-19(14(2)27-21(20)23-13)15-7-4-3-5-8-15/h3-12H,1-2H3,(H,23,24). The third-order valence-corrected chi connectivity index (χ3v) is 6.98. The third kappa shape index (κ3) is 3.51. The number of thiophene rings is 1. The van der Waals surface area contributed by atoms with Gasteiger partial charge in [-0.1, -0.05) is 48.0 Å². The molecule has 0 aliphatic heterocycles. The first-order valence-corrected chi connectivity index (χ1v) is 11.3. The van der Waals surface area contributed by atoms with Gasteiger partial charge in [-0.2, -0.15) is 0 Å². The van der Waals surface area contributed by atoms with Gasteiger partial charge in [0, 0.05) is 26.5 Å². The van der Waals surface area contributed by atoms with Crippen molar-refractivity contribution in [3.8, 4) is 11.1 Å². The second-order valence-electron chi connectivity index (χ2n) is 6.45. The highest BCUT2D eigenvalue weighted by atomic mass is 35.5. The van der Waals surface area contributed by atoms with E-state index < -0.39 is 10.0 Å². The molecule has 0 aliphatic carbocycles. The lowest BCUT2D eigenvalue weighted by Gasteiger charge is -2.12. The van der Waals surface area contributed by atoms with Crippen LogP contribution in [0.15, 0.2) is 65.6 Å². The van der Waals surface area contributed by atoms with Gasteiger partial charge in [0.1, 0.15) is 4.83 Å². The van der Waals surface area contributed by atoms with Crippen LogP contribution >= 0.6 is 22.9 Å². The van der Waals surface area contributed by atoms with Crippen LogP contribution in [0.25, 0.3) is 21.3 Å². The van der Waals surface area contributed by atoms with E-state index in [4.69, 9.17) is 11.6 Å². The molecule has 0 saturated heterocycles. The van der Waals surface area contributed by atoms with Gasteiger partial charge in [0.15, 0.2) is 0 Å². The van der Waals surface area contributed by atoms with E-state index in [0.29, 0.717) is 10.7 Å². The summed E-state index contributed by atoms with van der Waals surface area (Å²) in [7, 11) is -3.79. The number of sulfonamides is 1. The predicted octanol–water partition coefficient (Wildman–Crippen LogP) is 6.03. The molecule has 142 valence electrons. The molecule has 28 heavy (non-hydrogen) atoms. The van der Waals surface area contributed by atoms with Gasteiger partial charge in [0.25, 0.3) is 10.0 Å². The Morgan fingerprint density at radius 3 is 2.46 bits per heavy atom. The number of rotatable bonds is 4.